The summed E-state index contributed by atoms with van der Waals surface area (Å²) in [5.74, 6) is 0. The summed E-state index contributed by atoms with van der Waals surface area (Å²) in [4.78, 5) is 40.3. The summed E-state index contributed by atoms with van der Waals surface area (Å²) < 4.78 is 2.68. The van der Waals surface area contributed by atoms with Crippen molar-refractivity contribution in [2.45, 2.75) is 19.1 Å². The summed E-state index contributed by atoms with van der Waals surface area (Å²) >= 11 is 18.9. The molecule has 34 heavy (non-hydrogen) atoms. The van der Waals surface area contributed by atoms with Crippen molar-refractivity contribution in [1.82, 2.24) is 13.7 Å². The Bertz CT molecular complexity index is 1510. The highest BCUT2D eigenvalue weighted by atomic mass is 35.5. The van der Waals surface area contributed by atoms with Crippen molar-refractivity contribution in [2.24, 2.45) is 5.73 Å². The molecule has 0 aliphatic heterocycles. The Morgan fingerprint density at radius 1 is 0.676 bits per heavy atom. The number of nitrogens with two attached hydrogens (primary N) is 1. The van der Waals surface area contributed by atoms with Crippen molar-refractivity contribution in [3.63, 3.8) is 0 Å². The quantitative estimate of drug-likeness (QED) is 0.420. The van der Waals surface area contributed by atoms with Crippen molar-refractivity contribution in [2.75, 3.05) is 0 Å². The van der Waals surface area contributed by atoms with Gasteiger partial charge in [-0.05, 0) is 29.8 Å². The molecule has 0 saturated heterocycles. The topological polar surface area (TPSA) is 92.0 Å². The standard InChI is InChI=1S/C24H19Cl3N4O3/c25-17-10-6-11-18(26)16(17)13-29-22(32)30(14-20(28)15-7-2-1-3-8-15)24(34)31(23(29)33)21-12-5-4-9-19(21)27/h1-12,20H,13-14,28H2. The Labute approximate surface area is 209 Å². The van der Waals surface area contributed by atoms with E-state index >= 15 is 0 Å². The molecule has 10 heteroatoms. The number of aromatic nitrogens is 3. The Morgan fingerprint density at radius 2 is 1.24 bits per heavy atom. The van der Waals surface area contributed by atoms with Gasteiger partial charge in [-0.3, -0.25) is 0 Å². The monoisotopic (exact) mass is 516 g/mol. The van der Waals surface area contributed by atoms with Crippen molar-refractivity contribution in [3.05, 3.63) is 130 Å². The maximum absolute atomic E-state index is 13.4. The van der Waals surface area contributed by atoms with Gasteiger partial charge in [0.05, 0.1) is 23.8 Å². The van der Waals surface area contributed by atoms with Crippen LogP contribution in [0.15, 0.2) is 87.2 Å². The van der Waals surface area contributed by atoms with Crippen LogP contribution in [0.1, 0.15) is 17.2 Å². The summed E-state index contributed by atoms with van der Waals surface area (Å²) in [7, 11) is 0. The second kappa shape index (κ2) is 10.0. The molecule has 2 N–H and O–H groups in total. The van der Waals surface area contributed by atoms with Gasteiger partial charge in [0.25, 0.3) is 0 Å². The van der Waals surface area contributed by atoms with Crippen molar-refractivity contribution < 1.29 is 0 Å². The zero-order chi connectivity index (χ0) is 24.4. The van der Waals surface area contributed by atoms with Crippen LogP contribution < -0.4 is 22.8 Å². The molecule has 174 valence electrons. The number of nitrogens with zero attached hydrogens (tertiary/aromatic N) is 3. The van der Waals surface area contributed by atoms with Crippen LogP contribution >= 0.6 is 34.8 Å². The molecule has 7 nitrogen and oxygen atoms in total. The molecule has 0 amide bonds. The Morgan fingerprint density at radius 3 is 1.88 bits per heavy atom. The van der Waals surface area contributed by atoms with Gasteiger partial charge in [-0.15, -0.1) is 0 Å². The van der Waals surface area contributed by atoms with Gasteiger partial charge >= 0.3 is 17.1 Å². The molecular formula is C24H19Cl3N4O3. The predicted molar refractivity (Wildman–Crippen MR) is 135 cm³/mol. The highest BCUT2D eigenvalue weighted by Gasteiger charge is 2.21. The third kappa shape index (κ3) is 4.60. The number of rotatable bonds is 6. The molecule has 1 heterocycles. The first-order chi connectivity index (χ1) is 16.3. The maximum atomic E-state index is 13.4. The van der Waals surface area contributed by atoms with E-state index in [-0.39, 0.29) is 33.8 Å². The maximum Gasteiger partial charge on any atom is 0.341 e. The summed E-state index contributed by atoms with van der Waals surface area (Å²) in [6.07, 6.45) is 0. The van der Waals surface area contributed by atoms with Gasteiger partial charge in [0, 0.05) is 21.7 Å². The van der Waals surface area contributed by atoms with Crippen LogP contribution in [0.3, 0.4) is 0 Å². The molecule has 0 radical (unpaired) electrons. The van der Waals surface area contributed by atoms with Crippen LogP contribution in [-0.2, 0) is 13.1 Å². The zero-order valence-electron chi connectivity index (χ0n) is 17.7. The highest BCUT2D eigenvalue weighted by molar-refractivity contribution is 6.36. The molecule has 1 aromatic heterocycles. The molecule has 4 rings (SSSR count). The smallest absolute Gasteiger partial charge is 0.322 e. The van der Waals surface area contributed by atoms with Crippen LogP contribution in [0, 0.1) is 0 Å². The molecule has 1 atom stereocenters. The minimum absolute atomic E-state index is 0.139. The first kappa shape index (κ1) is 24.0. The van der Waals surface area contributed by atoms with Gasteiger partial charge in [0.2, 0.25) is 0 Å². The van der Waals surface area contributed by atoms with E-state index in [0.29, 0.717) is 5.56 Å². The van der Waals surface area contributed by atoms with Crippen LogP contribution in [0.4, 0.5) is 0 Å². The number of benzene rings is 3. The molecular weight excluding hydrogens is 499 g/mol. The lowest BCUT2D eigenvalue weighted by Crippen LogP contribution is -2.55. The Hall–Kier alpha value is -3.10. The van der Waals surface area contributed by atoms with Crippen LogP contribution in [0.5, 0.6) is 0 Å². The summed E-state index contributed by atoms with van der Waals surface area (Å²) in [6.45, 7) is -0.413. The minimum atomic E-state index is -0.872. The molecule has 0 spiro atoms. The predicted octanol–water partition coefficient (Wildman–Crippen LogP) is 3.87. The molecule has 0 bridgehead atoms. The second-order valence-corrected chi connectivity index (χ2v) is 8.77. The van der Waals surface area contributed by atoms with Gasteiger partial charge in [0.15, 0.2) is 0 Å². The van der Waals surface area contributed by atoms with Gasteiger partial charge in [-0.25, -0.2) is 28.1 Å². The van der Waals surface area contributed by atoms with E-state index in [9.17, 15) is 14.4 Å². The third-order valence-electron chi connectivity index (χ3n) is 5.38. The fourth-order valence-corrected chi connectivity index (χ4v) is 4.34. The molecule has 4 aromatic rings. The fourth-order valence-electron chi connectivity index (χ4n) is 3.61. The Balaban J connectivity index is 1.96. The summed E-state index contributed by atoms with van der Waals surface area (Å²) in [5.41, 5.74) is 4.99. The molecule has 0 aliphatic carbocycles. The largest absolute Gasteiger partial charge is 0.341 e. The average Bonchev–Trinajstić information content (AvgIpc) is 2.83. The fraction of sp³-hybridized carbons (Fsp3) is 0.125. The molecule has 1 unspecified atom stereocenters. The first-order valence-electron chi connectivity index (χ1n) is 10.2. The minimum Gasteiger partial charge on any atom is -0.322 e. The SMILES string of the molecule is NC(Cn1c(=O)n(Cc2c(Cl)cccc2Cl)c(=O)n(-c2ccccc2Cl)c1=O)c1ccccc1. The normalized spacial score (nSPS) is 12.0. The molecule has 0 saturated carbocycles. The van der Waals surface area contributed by atoms with Crippen molar-refractivity contribution in [3.8, 4) is 5.69 Å². The Kier molecular flexibility index (Phi) is 7.09. The number of para-hydroxylation sites is 1. The van der Waals surface area contributed by atoms with E-state index in [4.69, 9.17) is 40.5 Å². The number of hydrogen-bond acceptors (Lipinski definition) is 4. The van der Waals surface area contributed by atoms with E-state index < -0.39 is 23.1 Å². The number of hydrogen-bond donors (Lipinski definition) is 1. The van der Waals surface area contributed by atoms with E-state index in [1.54, 1.807) is 60.7 Å². The second-order valence-electron chi connectivity index (χ2n) is 7.55. The van der Waals surface area contributed by atoms with E-state index in [1.807, 2.05) is 6.07 Å². The molecule has 0 aliphatic rings. The van der Waals surface area contributed by atoms with Gasteiger partial charge in [-0.2, -0.15) is 0 Å². The summed E-state index contributed by atoms with van der Waals surface area (Å²) in [6, 6.07) is 19.6. The zero-order valence-corrected chi connectivity index (χ0v) is 20.0. The highest BCUT2D eigenvalue weighted by Crippen LogP contribution is 2.24. The lowest BCUT2D eigenvalue weighted by Gasteiger charge is -2.18. The van der Waals surface area contributed by atoms with E-state index in [2.05, 4.69) is 0 Å². The molecule has 3 aromatic carbocycles. The molecule has 0 fully saturated rings. The van der Waals surface area contributed by atoms with Crippen molar-refractivity contribution in [1.29, 1.82) is 0 Å². The van der Waals surface area contributed by atoms with E-state index in [0.717, 1.165) is 19.3 Å². The number of halogens is 3. The van der Waals surface area contributed by atoms with Crippen LogP contribution in [0.2, 0.25) is 15.1 Å². The van der Waals surface area contributed by atoms with E-state index in [1.165, 1.54) is 6.07 Å². The van der Waals surface area contributed by atoms with Gasteiger partial charge in [0.1, 0.15) is 0 Å². The van der Waals surface area contributed by atoms with Crippen molar-refractivity contribution >= 4 is 34.8 Å². The average molecular weight is 518 g/mol. The lowest BCUT2D eigenvalue weighted by atomic mass is 10.1. The van der Waals surface area contributed by atoms with Gasteiger partial charge < -0.3 is 5.73 Å². The van der Waals surface area contributed by atoms with Crippen LogP contribution in [-0.4, -0.2) is 13.7 Å². The summed E-state index contributed by atoms with van der Waals surface area (Å²) in [5, 5.41) is 0.727. The van der Waals surface area contributed by atoms with Crippen LogP contribution in [0.25, 0.3) is 5.69 Å². The first-order valence-corrected chi connectivity index (χ1v) is 11.4. The van der Waals surface area contributed by atoms with Gasteiger partial charge in [-0.1, -0.05) is 83.3 Å². The third-order valence-corrected chi connectivity index (χ3v) is 6.41. The lowest BCUT2D eigenvalue weighted by molar-refractivity contribution is 0.469.